The van der Waals surface area contributed by atoms with E-state index < -0.39 is 0 Å². The van der Waals surface area contributed by atoms with Gasteiger partial charge in [0.25, 0.3) is 0 Å². The molecule has 0 fully saturated rings. The topological polar surface area (TPSA) is 50.2 Å². The van der Waals surface area contributed by atoms with E-state index in [4.69, 9.17) is 4.98 Å². The van der Waals surface area contributed by atoms with Crippen LogP contribution in [0.15, 0.2) is 88.7 Å². The van der Waals surface area contributed by atoms with Gasteiger partial charge in [0.15, 0.2) is 0 Å². The van der Waals surface area contributed by atoms with E-state index in [9.17, 15) is 4.79 Å². The van der Waals surface area contributed by atoms with Crippen molar-refractivity contribution in [1.29, 1.82) is 0 Å². The van der Waals surface area contributed by atoms with Crippen LogP contribution in [0.1, 0.15) is 5.82 Å². The highest BCUT2D eigenvalue weighted by Gasteiger charge is 2.15. The lowest BCUT2D eigenvalue weighted by Gasteiger charge is -2.14. The summed E-state index contributed by atoms with van der Waals surface area (Å²) >= 11 is 1.64. The average Bonchev–Trinajstić information content (AvgIpc) is 3.06. The summed E-state index contributed by atoms with van der Waals surface area (Å²) in [5, 5.41) is 3.09. The number of benzene rings is 3. The molecule has 0 saturated carbocycles. The minimum atomic E-state index is -0.0701. The van der Waals surface area contributed by atoms with Crippen LogP contribution in [0.5, 0.6) is 0 Å². The second-order valence-corrected chi connectivity index (χ2v) is 8.42. The molecule has 4 aromatic rings. The van der Waals surface area contributed by atoms with Crippen LogP contribution in [0, 0.1) is 0 Å². The summed E-state index contributed by atoms with van der Waals surface area (Å²) in [4.78, 5) is 21.9. The van der Waals surface area contributed by atoms with Gasteiger partial charge in [-0.2, -0.15) is 0 Å². The standard InChI is InChI=1S/C24H24N4OS/c1-27(2)16-23-25-19-12-6-8-14-21(19)28(23)17-24(29)26-20-13-7-9-15-22(20)30-18-10-4-3-5-11-18/h3-15H,16-17H2,1-2H3,(H,26,29). The third kappa shape index (κ3) is 4.72. The summed E-state index contributed by atoms with van der Waals surface area (Å²) in [6, 6.07) is 26.0. The molecule has 0 aliphatic rings. The molecule has 3 aromatic carbocycles. The fourth-order valence-electron chi connectivity index (χ4n) is 3.31. The molecule has 0 aliphatic heterocycles. The Labute approximate surface area is 180 Å². The smallest absolute Gasteiger partial charge is 0.244 e. The summed E-state index contributed by atoms with van der Waals surface area (Å²) in [6.07, 6.45) is 0. The molecule has 1 amide bonds. The van der Waals surface area contributed by atoms with E-state index in [2.05, 4.69) is 22.3 Å². The fraction of sp³-hybridized carbons (Fsp3) is 0.167. The van der Waals surface area contributed by atoms with Crippen molar-refractivity contribution in [3.8, 4) is 0 Å². The molecule has 1 N–H and O–H groups in total. The number of aromatic nitrogens is 2. The zero-order chi connectivity index (χ0) is 20.9. The number of nitrogens with zero attached hydrogens (tertiary/aromatic N) is 3. The largest absolute Gasteiger partial charge is 0.324 e. The number of para-hydroxylation sites is 3. The molecule has 0 spiro atoms. The third-order valence-corrected chi connectivity index (χ3v) is 5.71. The first-order chi connectivity index (χ1) is 14.6. The summed E-state index contributed by atoms with van der Waals surface area (Å²) in [5.74, 6) is 0.808. The predicted octanol–water partition coefficient (Wildman–Crippen LogP) is 4.89. The molecule has 1 aromatic heterocycles. The molecule has 5 nitrogen and oxygen atoms in total. The van der Waals surface area contributed by atoms with Crippen LogP contribution in [0.4, 0.5) is 5.69 Å². The van der Waals surface area contributed by atoms with Gasteiger partial charge in [-0.1, -0.05) is 54.2 Å². The number of carbonyl (C=O) groups excluding carboxylic acids is 1. The number of imidazole rings is 1. The van der Waals surface area contributed by atoms with Gasteiger partial charge in [0.1, 0.15) is 12.4 Å². The molecule has 152 valence electrons. The van der Waals surface area contributed by atoms with Crippen molar-refractivity contribution in [2.24, 2.45) is 0 Å². The summed E-state index contributed by atoms with van der Waals surface area (Å²) in [5.41, 5.74) is 2.69. The molecule has 0 bridgehead atoms. The zero-order valence-electron chi connectivity index (χ0n) is 17.1. The second kappa shape index (κ2) is 9.15. The molecule has 0 aliphatic carbocycles. The number of anilines is 1. The van der Waals surface area contributed by atoms with E-state index in [0.717, 1.165) is 32.3 Å². The van der Waals surface area contributed by atoms with Crippen molar-refractivity contribution in [1.82, 2.24) is 14.5 Å². The Bertz CT molecular complexity index is 1150. The van der Waals surface area contributed by atoms with Crippen LogP contribution in [-0.2, 0) is 17.9 Å². The van der Waals surface area contributed by atoms with Gasteiger partial charge in [-0.3, -0.25) is 4.79 Å². The Morgan fingerprint density at radius 1 is 0.967 bits per heavy atom. The van der Waals surface area contributed by atoms with E-state index >= 15 is 0 Å². The van der Waals surface area contributed by atoms with Gasteiger partial charge in [0.2, 0.25) is 5.91 Å². The Morgan fingerprint density at radius 3 is 2.47 bits per heavy atom. The van der Waals surface area contributed by atoms with Crippen molar-refractivity contribution in [2.75, 3.05) is 19.4 Å². The van der Waals surface area contributed by atoms with Gasteiger partial charge in [0.05, 0.1) is 23.3 Å². The molecule has 0 saturated heterocycles. The maximum atomic E-state index is 13.0. The van der Waals surface area contributed by atoms with Gasteiger partial charge in [0, 0.05) is 9.79 Å². The van der Waals surface area contributed by atoms with Crippen molar-refractivity contribution in [3.05, 3.63) is 84.7 Å². The number of fused-ring (bicyclic) bond motifs is 1. The SMILES string of the molecule is CN(C)Cc1nc2ccccc2n1CC(=O)Nc1ccccc1Sc1ccccc1. The van der Waals surface area contributed by atoms with Gasteiger partial charge < -0.3 is 14.8 Å². The molecular weight excluding hydrogens is 392 g/mol. The monoisotopic (exact) mass is 416 g/mol. The van der Waals surface area contributed by atoms with Crippen molar-refractivity contribution in [3.63, 3.8) is 0 Å². The second-order valence-electron chi connectivity index (χ2n) is 7.30. The first-order valence-electron chi connectivity index (χ1n) is 9.81. The van der Waals surface area contributed by atoms with Gasteiger partial charge in [-0.05, 0) is 50.5 Å². The number of hydrogen-bond acceptors (Lipinski definition) is 4. The van der Waals surface area contributed by atoms with E-state index in [0.29, 0.717) is 6.54 Å². The van der Waals surface area contributed by atoms with E-state index in [1.807, 2.05) is 85.4 Å². The van der Waals surface area contributed by atoms with E-state index in [-0.39, 0.29) is 12.5 Å². The molecule has 30 heavy (non-hydrogen) atoms. The summed E-state index contributed by atoms with van der Waals surface area (Å²) < 4.78 is 2.00. The van der Waals surface area contributed by atoms with Crippen LogP contribution < -0.4 is 5.32 Å². The molecule has 1 heterocycles. The zero-order valence-corrected chi connectivity index (χ0v) is 17.9. The maximum Gasteiger partial charge on any atom is 0.244 e. The molecule has 6 heteroatoms. The highest BCUT2D eigenvalue weighted by Crippen LogP contribution is 2.33. The van der Waals surface area contributed by atoms with Crippen molar-refractivity contribution < 1.29 is 4.79 Å². The van der Waals surface area contributed by atoms with Crippen LogP contribution in [-0.4, -0.2) is 34.5 Å². The van der Waals surface area contributed by atoms with E-state index in [1.165, 1.54) is 0 Å². The van der Waals surface area contributed by atoms with Crippen LogP contribution in [0.3, 0.4) is 0 Å². The summed E-state index contributed by atoms with van der Waals surface area (Å²) in [6.45, 7) is 0.885. The lowest BCUT2D eigenvalue weighted by molar-refractivity contribution is -0.116. The summed E-state index contributed by atoms with van der Waals surface area (Å²) in [7, 11) is 4.00. The minimum absolute atomic E-state index is 0.0701. The normalized spacial score (nSPS) is 11.2. The third-order valence-electron chi connectivity index (χ3n) is 4.63. The van der Waals surface area contributed by atoms with Crippen molar-refractivity contribution in [2.45, 2.75) is 22.9 Å². The minimum Gasteiger partial charge on any atom is -0.324 e. The molecule has 0 atom stereocenters. The predicted molar refractivity (Wildman–Crippen MR) is 123 cm³/mol. The highest BCUT2D eigenvalue weighted by molar-refractivity contribution is 7.99. The van der Waals surface area contributed by atoms with Gasteiger partial charge in [-0.25, -0.2) is 4.98 Å². The van der Waals surface area contributed by atoms with E-state index in [1.54, 1.807) is 11.8 Å². The first kappa shape index (κ1) is 20.2. The van der Waals surface area contributed by atoms with Crippen LogP contribution in [0.2, 0.25) is 0 Å². The lowest BCUT2D eigenvalue weighted by Crippen LogP contribution is -2.22. The Hall–Kier alpha value is -3.09. The highest BCUT2D eigenvalue weighted by atomic mass is 32.2. The Morgan fingerprint density at radius 2 is 1.67 bits per heavy atom. The number of amides is 1. The first-order valence-corrected chi connectivity index (χ1v) is 10.6. The number of nitrogens with one attached hydrogen (secondary N) is 1. The number of carbonyl (C=O) groups is 1. The van der Waals surface area contributed by atoms with Gasteiger partial charge >= 0.3 is 0 Å². The van der Waals surface area contributed by atoms with Crippen LogP contribution in [0.25, 0.3) is 11.0 Å². The molecular formula is C24H24N4OS. The van der Waals surface area contributed by atoms with Crippen molar-refractivity contribution >= 4 is 34.4 Å². The van der Waals surface area contributed by atoms with Crippen LogP contribution >= 0.6 is 11.8 Å². The number of rotatable bonds is 7. The molecule has 0 unspecified atom stereocenters. The molecule has 0 radical (unpaired) electrons. The maximum absolute atomic E-state index is 13.0. The fourth-order valence-corrected chi connectivity index (χ4v) is 4.24. The molecule has 4 rings (SSSR count). The van der Waals surface area contributed by atoms with Gasteiger partial charge in [-0.15, -0.1) is 0 Å². The Kier molecular flexibility index (Phi) is 6.16. The average molecular weight is 417 g/mol. The number of hydrogen-bond donors (Lipinski definition) is 1. The Balaban J connectivity index is 1.56. The lowest BCUT2D eigenvalue weighted by atomic mass is 10.3. The quantitative estimate of drug-likeness (QED) is 0.466.